The summed E-state index contributed by atoms with van der Waals surface area (Å²) in [6.45, 7) is 4.55. The molecule has 0 saturated carbocycles. The normalized spacial score (nSPS) is 22.2. The van der Waals surface area contributed by atoms with Crippen LogP contribution in [0.25, 0.3) is 0 Å². The predicted molar refractivity (Wildman–Crippen MR) is 125 cm³/mol. The lowest BCUT2D eigenvalue weighted by Gasteiger charge is -2.44. The van der Waals surface area contributed by atoms with Crippen LogP contribution in [0.2, 0.25) is 0 Å². The van der Waals surface area contributed by atoms with Crippen LogP contribution in [0.4, 0.5) is 0 Å². The molecule has 1 spiro atoms. The number of benzene rings is 1. The summed E-state index contributed by atoms with van der Waals surface area (Å²) in [6, 6.07) is 10.6. The molecule has 0 aliphatic carbocycles. The Morgan fingerprint density at radius 3 is 2.33 bits per heavy atom. The van der Waals surface area contributed by atoms with Gasteiger partial charge in [-0.05, 0) is 42.8 Å². The summed E-state index contributed by atoms with van der Waals surface area (Å²) < 4.78 is 6.31. The third-order valence-corrected chi connectivity index (χ3v) is 7.98. The van der Waals surface area contributed by atoms with Gasteiger partial charge >= 0.3 is 0 Å². The highest BCUT2D eigenvalue weighted by molar-refractivity contribution is 7.12. The monoisotopic (exact) mass is 467 g/mol. The van der Waals surface area contributed by atoms with Crippen molar-refractivity contribution in [1.29, 1.82) is 0 Å². The first kappa shape index (κ1) is 22.1. The number of carbonyl (C=O) groups is 3. The lowest BCUT2D eigenvalue weighted by atomic mass is 9.95. The maximum atomic E-state index is 13.9. The highest BCUT2D eigenvalue weighted by Gasteiger charge is 2.55. The van der Waals surface area contributed by atoms with E-state index < -0.39 is 11.8 Å². The maximum absolute atomic E-state index is 13.9. The summed E-state index contributed by atoms with van der Waals surface area (Å²) in [5, 5.41) is 1.90. The van der Waals surface area contributed by atoms with Crippen molar-refractivity contribution >= 4 is 29.1 Å². The van der Waals surface area contributed by atoms with Crippen LogP contribution in [0.15, 0.2) is 41.8 Å². The fourth-order valence-electron chi connectivity index (χ4n) is 5.26. The Bertz CT molecular complexity index is 1040. The van der Waals surface area contributed by atoms with Gasteiger partial charge in [-0.2, -0.15) is 0 Å². The van der Waals surface area contributed by atoms with E-state index in [0.717, 1.165) is 31.5 Å². The van der Waals surface area contributed by atoms with E-state index in [2.05, 4.69) is 0 Å². The fraction of sp³-hybridized carbons (Fsp3) is 0.480. The molecule has 3 aliphatic heterocycles. The molecule has 1 atom stereocenters. The summed E-state index contributed by atoms with van der Waals surface area (Å²) in [6.07, 6.45) is 2.98. The molecule has 174 valence electrons. The van der Waals surface area contributed by atoms with Crippen LogP contribution in [0.3, 0.4) is 0 Å². The second-order valence-electron chi connectivity index (χ2n) is 9.06. The highest BCUT2D eigenvalue weighted by atomic mass is 32.1. The van der Waals surface area contributed by atoms with E-state index in [-0.39, 0.29) is 24.3 Å². The van der Waals surface area contributed by atoms with Crippen molar-refractivity contribution in [1.82, 2.24) is 14.7 Å². The van der Waals surface area contributed by atoms with Crippen molar-refractivity contribution in [2.75, 3.05) is 32.8 Å². The number of thiophene rings is 1. The van der Waals surface area contributed by atoms with Crippen molar-refractivity contribution in [3.05, 3.63) is 57.8 Å². The number of aryl methyl sites for hydroxylation is 1. The van der Waals surface area contributed by atoms with Gasteiger partial charge in [-0.15, -0.1) is 11.3 Å². The van der Waals surface area contributed by atoms with Gasteiger partial charge < -0.3 is 14.5 Å². The van der Waals surface area contributed by atoms with Crippen LogP contribution in [-0.4, -0.2) is 77.0 Å². The summed E-state index contributed by atoms with van der Waals surface area (Å²) in [4.78, 5) is 46.3. The largest absolute Gasteiger partial charge is 0.353 e. The number of hydrogen-bond donors (Lipinski definition) is 0. The van der Waals surface area contributed by atoms with Crippen LogP contribution in [0, 0.1) is 6.92 Å². The second-order valence-corrected chi connectivity index (χ2v) is 10.0. The number of ether oxygens (including phenoxy) is 1. The molecule has 0 N–H and O–H groups in total. The topological polar surface area (TPSA) is 70.2 Å². The number of amides is 3. The molecule has 3 fully saturated rings. The second kappa shape index (κ2) is 8.91. The quantitative estimate of drug-likeness (QED) is 0.695. The Morgan fingerprint density at radius 2 is 1.67 bits per heavy atom. The number of likely N-dealkylation sites (tertiary alicyclic amines) is 2. The Labute approximate surface area is 197 Å². The molecule has 1 aromatic heterocycles. The fourth-order valence-corrected chi connectivity index (χ4v) is 5.95. The van der Waals surface area contributed by atoms with Gasteiger partial charge in [0.25, 0.3) is 11.8 Å². The van der Waals surface area contributed by atoms with E-state index in [1.807, 2.05) is 58.5 Å². The molecule has 4 heterocycles. The molecule has 7 nitrogen and oxygen atoms in total. The van der Waals surface area contributed by atoms with Crippen molar-refractivity contribution in [2.45, 2.75) is 44.4 Å². The minimum absolute atomic E-state index is 0.0133. The average Bonchev–Trinajstić information content (AvgIpc) is 3.60. The first-order chi connectivity index (χ1) is 16.0. The molecule has 1 aromatic carbocycles. The first-order valence-electron chi connectivity index (χ1n) is 11.6. The molecule has 5 rings (SSSR count). The first-order valence-corrected chi connectivity index (χ1v) is 12.5. The highest BCUT2D eigenvalue weighted by Crippen LogP contribution is 2.40. The molecule has 0 radical (unpaired) electrons. The van der Waals surface area contributed by atoms with Crippen molar-refractivity contribution < 1.29 is 19.1 Å². The molecule has 3 aliphatic rings. The van der Waals surface area contributed by atoms with Gasteiger partial charge in [-0.3, -0.25) is 19.3 Å². The molecule has 0 bridgehead atoms. The predicted octanol–water partition coefficient (Wildman–Crippen LogP) is 3.15. The van der Waals surface area contributed by atoms with Crippen LogP contribution >= 0.6 is 11.3 Å². The maximum Gasteiger partial charge on any atom is 0.263 e. The summed E-state index contributed by atoms with van der Waals surface area (Å²) >= 11 is 1.43. The van der Waals surface area contributed by atoms with Gasteiger partial charge in [-0.1, -0.05) is 24.3 Å². The number of carbonyl (C=O) groups excluding carboxylic acids is 3. The Hall–Kier alpha value is -2.71. The molecule has 8 heteroatoms. The molecule has 2 aromatic rings. The third kappa shape index (κ3) is 3.95. The summed E-state index contributed by atoms with van der Waals surface area (Å²) in [5.74, 6) is -0.177. The SMILES string of the molecule is Cc1ccccc1C(=O)N1C(C(=O)N2CCCC2)COC12CCN(C(=O)c1cccs1)CC2. The smallest absolute Gasteiger partial charge is 0.263 e. The lowest BCUT2D eigenvalue weighted by molar-refractivity contribution is -0.136. The van der Waals surface area contributed by atoms with Gasteiger partial charge in [0.05, 0.1) is 11.5 Å². The summed E-state index contributed by atoms with van der Waals surface area (Å²) in [5.41, 5.74) is 0.604. The zero-order valence-corrected chi connectivity index (χ0v) is 19.7. The van der Waals surface area contributed by atoms with E-state index >= 15 is 0 Å². The Kier molecular flexibility index (Phi) is 5.97. The molecular weight excluding hydrogens is 438 g/mol. The number of nitrogens with zero attached hydrogens (tertiary/aromatic N) is 3. The van der Waals surface area contributed by atoms with Gasteiger partial charge in [0.1, 0.15) is 11.8 Å². The molecule has 3 saturated heterocycles. The summed E-state index contributed by atoms with van der Waals surface area (Å²) in [7, 11) is 0. The van der Waals surface area contributed by atoms with Crippen LogP contribution in [-0.2, 0) is 9.53 Å². The zero-order valence-electron chi connectivity index (χ0n) is 18.9. The lowest BCUT2D eigenvalue weighted by Crippen LogP contribution is -2.60. The molecular formula is C25H29N3O4S. The standard InChI is InChI=1S/C25H29N3O4S/c1-18-7-2-3-8-19(18)22(29)28-20(23(30)26-12-4-5-13-26)17-32-25(28)10-14-27(15-11-25)24(31)21-9-6-16-33-21/h2-3,6-9,16,20H,4-5,10-15,17H2,1H3. The van der Waals surface area contributed by atoms with Crippen LogP contribution < -0.4 is 0 Å². The van der Waals surface area contributed by atoms with Crippen molar-refractivity contribution in [3.63, 3.8) is 0 Å². The third-order valence-electron chi connectivity index (χ3n) is 7.12. The van der Waals surface area contributed by atoms with Crippen molar-refractivity contribution in [2.24, 2.45) is 0 Å². The number of rotatable bonds is 3. The number of hydrogen-bond acceptors (Lipinski definition) is 5. The van der Waals surface area contributed by atoms with Gasteiger partial charge in [0.2, 0.25) is 5.91 Å². The Balaban J connectivity index is 1.42. The van der Waals surface area contributed by atoms with E-state index in [1.165, 1.54) is 11.3 Å². The molecule has 3 amide bonds. The van der Waals surface area contributed by atoms with E-state index in [9.17, 15) is 14.4 Å². The average molecular weight is 468 g/mol. The van der Waals surface area contributed by atoms with Gasteiger partial charge in [-0.25, -0.2) is 0 Å². The van der Waals surface area contributed by atoms with E-state index in [4.69, 9.17) is 4.74 Å². The van der Waals surface area contributed by atoms with Gasteiger partial charge in [0.15, 0.2) is 0 Å². The van der Waals surface area contributed by atoms with Crippen molar-refractivity contribution in [3.8, 4) is 0 Å². The number of piperidine rings is 1. The van der Waals surface area contributed by atoms with E-state index in [1.54, 1.807) is 4.90 Å². The van der Waals surface area contributed by atoms with E-state index in [0.29, 0.717) is 36.4 Å². The van der Waals surface area contributed by atoms with Gasteiger partial charge in [0, 0.05) is 44.6 Å². The molecule has 1 unspecified atom stereocenters. The minimum atomic E-state index is -0.869. The minimum Gasteiger partial charge on any atom is -0.353 e. The van der Waals surface area contributed by atoms with Crippen LogP contribution in [0.1, 0.15) is 51.3 Å². The zero-order chi connectivity index (χ0) is 23.0. The van der Waals surface area contributed by atoms with Crippen LogP contribution in [0.5, 0.6) is 0 Å². The Morgan fingerprint density at radius 1 is 0.939 bits per heavy atom. The molecule has 33 heavy (non-hydrogen) atoms.